The van der Waals surface area contributed by atoms with Gasteiger partial charge in [-0.3, -0.25) is 0 Å². The van der Waals surface area contributed by atoms with Crippen LogP contribution >= 0.6 is 31.9 Å². The minimum absolute atomic E-state index is 0.211. The number of hydrogen-bond acceptors (Lipinski definition) is 5. The van der Waals surface area contributed by atoms with Gasteiger partial charge >= 0.3 is 11.9 Å². The normalized spacial score (nSPS) is 10.2. The zero-order valence-corrected chi connectivity index (χ0v) is 16.1. The Kier molecular flexibility index (Phi) is 6.39. The molecule has 0 aliphatic rings. The van der Waals surface area contributed by atoms with Crippen molar-refractivity contribution in [2.45, 2.75) is 6.92 Å². The summed E-state index contributed by atoms with van der Waals surface area (Å²) in [5.41, 5.74) is 0.679. The lowest BCUT2D eigenvalue weighted by Crippen LogP contribution is -2.11. The minimum atomic E-state index is -0.551. The van der Waals surface area contributed by atoms with Crippen LogP contribution in [0.2, 0.25) is 0 Å². The molecule has 7 heteroatoms. The largest absolute Gasteiger partial charge is 0.493 e. The Morgan fingerprint density at radius 3 is 2.42 bits per heavy atom. The second-order valence-corrected chi connectivity index (χ2v) is 6.37. The van der Waals surface area contributed by atoms with E-state index >= 15 is 0 Å². The first-order valence-corrected chi connectivity index (χ1v) is 8.57. The molecule has 2 aromatic rings. The third-order valence-electron chi connectivity index (χ3n) is 3.03. The Bertz CT molecular complexity index is 774. The van der Waals surface area contributed by atoms with Gasteiger partial charge in [0, 0.05) is 8.95 Å². The molecule has 0 aliphatic carbocycles. The number of rotatable bonds is 5. The molecule has 0 unspecified atom stereocenters. The molecule has 2 rings (SSSR count). The lowest BCUT2D eigenvalue weighted by atomic mass is 10.2. The van der Waals surface area contributed by atoms with Crippen molar-refractivity contribution < 1.29 is 23.8 Å². The Balaban J connectivity index is 2.27. The van der Waals surface area contributed by atoms with E-state index in [1.165, 1.54) is 25.3 Å². The zero-order valence-electron chi connectivity index (χ0n) is 13.0. The predicted octanol–water partition coefficient (Wildman–Crippen LogP) is 4.62. The molecule has 0 saturated heterocycles. The van der Waals surface area contributed by atoms with E-state index in [9.17, 15) is 9.59 Å². The summed E-state index contributed by atoms with van der Waals surface area (Å²) in [5.74, 6) is -0.545. The summed E-state index contributed by atoms with van der Waals surface area (Å²) in [4.78, 5) is 24.1. The standard InChI is InChI=1S/C17H14Br2O5/c1-3-23-16(20)10-4-7-14(15(8-10)22-2)24-17(21)12-9-11(18)5-6-13(12)19/h4-9H,3H2,1-2H3. The van der Waals surface area contributed by atoms with Crippen LogP contribution in [-0.4, -0.2) is 25.7 Å². The molecule has 0 radical (unpaired) electrons. The van der Waals surface area contributed by atoms with Crippen LogP contribution in [-0.2, 0) is 4.74 Å². The van der Waals surface area contributed by atoms with Gasteiger partial charge < -0.3 is 14.2 Å². The number of halogens is 2. The molecule has 24 heavy (non-hydrogen) atoms. The molecule has 0 spiro atoms. The molecule has 0 atom stereocenters. The molecule has 0 aromatic heterocycles. The van der Waals surface area contributed by atoms with E-state index < -0.39 is 11.9 Å². The Morgan fingerprint density at radius 1 is 1.00 bits per heavy atom. The van der Waals surface area contributed by atoms with E-state index in [0.29, 0.717) is 15.6 Å². The second-order valence-electron chi connectivity index (χ2n) is 4.60. The molecule has 0 amide bonds. The Labute approximate surface area is 156 Å². The van der Waals surface area contributed by atoms with Gasteiger partial charge in [0.1, 0.15) is 0 Å². The molecule has 0 fully saturated rings. The third kappa shape index (κ3) is 4.36. The number of methoxy groups -OCH3 is 1. The van der Waals surface area contributed by atoms with Crippen LogP contribution in [0.5, 0.6) is 11.5 Å². The number of esters is 2. The summed E-state index contributed by atoms with van der Waals surface area (Å²) >= 11 is 6.63. The van der Waals surface area contributed by atoms with Crippen LogP contribution in [0, 0.1) is 0 Å². The zero-order chi connectivity index (χ0) is 17.7. The first-order chi connectivity index (χ1) is 11.5. The molecular formula is C17H14Br2O5. The second kappa shape index (κ2) is 8.30. The highest BCUT2D eigenvalue weighted by Gasteiger charge is 2.17. The van der Waals surface area contributed by atoms with Crippen LogP contribution in [0.1, 0.15) is 27.6 Å². The maximum atomic E-state index is 12.4. The van der Waals surface area contributed by atoms with E-state index in [1.807, 2.05) is 0 Å². The summed E-state index contributed by atoms with van der Waals surface area (Å²) in [6.45, 7) is 2.00. The smallest absolute Gasteiger partial charge is 0.344 e. The van der Waals surface area contributed by atoms with Crippen molar-refractivity contribution in [3.63, 3.8) is 0 Å². The highest BCUT2D eigenvalue weighted by molar-refractivity contribution is 9.11. The molecule has 0 saturated carbocycles. The lowest BCUT2D eigenvalue weighted by molar-refractivity contribution is 0.0526. The average molecular weight is 458 g/mol. The molecule has 0 bridgehead atoms. The fourth-order valence-corrected chi connectivity index (χ4v) is 2.67. The molecular weight excluding hydrogens is 444 g/mol. The van der Waals surface area contributed by atoms with Gasteiger partial charge in [0.15, 0.2) is 11.5 Å². The Morgan fingerprint density at radius 2 is 1.75 bits per heavy atom. The first-order valence-electron chi connectivity index (χ1n) is 6.98. The van der Waals surface area contributed by atoms with Gasteiger partial charge in [-0.25, -0.2) is 9.59 Å². The van der Waals surface area contributed by atoms with Gasteiger partial charge in [-0.2, -0.15) is 0 Å². The van der Waals surface area contributed by atoms with Crippen molar-refractivity contribution in [2.24, 2.45) is 0 Å². The van der Waals surface area contributed by atoms with Gasteiger partial charge in [0.25, 0.3) is 0 Å². The van der Waals surface area contributed by atoms with Crippen LogP contribution < -0.4 is 9.47 Å². The van der Waals surface area contributed by atoms with Crippen molar-refractivity contribution in [1.29, 1.82) is 0 Å². The maximum absolute atomic E-state index is 12.4. The Hall–Kier alpha value is -1.86. The van der Waals surface area contributed by atoms with Crippen molar-refractivity contribution in [1.82, 2.24) is 0 Å². The van der Waals surface area contributed by atoms with Gasteiger partial charge in [-0.1, -0.05) is 15.9 Å². The number of hydrogen-bond donors (Lipinski definition) is 0. The van der Waals surface area contributed by atoms with Crippen LogP contribution in [0.15, 0.2) is 45.3 Å². The SMILES string of the molecule is CCOC(=O)c1ccc(OC(=O)c2cc(Br)ccc2Br)c(OC)c1. The van der Waals surface area contributed by atoms with Crippen molar-refractivity contribution >= 4 is 43.8 Å². The van der Waals surface area contributed by atoms with Crippen LogP contribution in [0.3, 0.4) is 0 Å². The summed E-state index contributed by atoms with van der Waals surface area (Å²) in [5, 5.41) is 0. The minimum Gasteiger partial charge on any atom is -0.493 e. The number of ether oxygens (including phenoxy) is 3. The fourth-order valence-electron chi connectivity index (χ4n) is 1.90. The number of benzene rings is 2. The van der Waals surface area contributed by atoms with Gasteiger partial charge in [0.2, 0.25) is 0 Å². The molecule has 0 N–H and O–H groups in total. The molecule has 126 valence electrons. The lowest BCUT2D eigenvalue weighted by Gasteiger charge is -2.11. The van der Waals surface area contributed by atoms with Crippen molar-refractivity contribution in [3.8, 4) is 11.5 Å². The quantitative estimate of drug-likeness (QED) is 0.484. The summed E-state index contributed by atoms with van der Waals surface area (Å²) < 4.78 is 16.9. The van der Waals surface area contributed by atoms with E-state index in [0.717, 1.165) is 4.47 Å². The molecule has 5 nitrogen and oxygen atoms in total. The number of carbonyl (C=O) groups excluding carboxylic acids is 2. The van der Waals surface area contributed by atoms with Gasteiger partial charge in [-0.05, 0) is 59.3 Å². The van der Waals surface area contributed by atoms with Gasteiger partial charge in [0.05, 0.1) is 24.8 Å². The first kappa shape index (κ1) is 18.5. The third-order valence-corrected chi connectivity index (χ3v) is 4.21. The predicted molar refractivity (Wildman–Crippen MR) is 95.8 cm³/mol. The molecule has 2 aromatic carbocycles. The van der Waals surface area contributed by atoms with E-state index in [1.54, 1.807) is 25.1 Å². The van der Waals surface area contributed by atoms with Crippen molar-refractivity contribution in [2.75, 3.05) is 13.7 Å². The monoisotopic (exact) mass is 456 g/mol. The van der Waals surface area contributed by atoms with E-state index in [4.69, 9.17) is 14.2 Å². The molecule has 0 aliphatic heterocycles. The topological polar surface area (TPSA) is 61.8 Å². The fraction of sp³-hybridized carbons (Fsp3) is 0.176. The van der Waals surface area contributed by atoms with Crippen LogP contribution in [0.25, 0.3) is 0 Å². The van der Waals surface area contributed by atoms with E-state index in [-0.39, 0.29) is 18.1 Å². The summed E-state index contributed by atoms with van der Waals surface area (Å²) in [7, 11) is 1.43. The maximum Gasteiger partial charge on any atom is 0.344 e. The van der Waals surface area contributed by atoms with Crippen molar-refractivity contribution in [3.05, 3.63) is 56.5 Å². The number of carbonyl (C=O) groups is 2. The average Bonchev–Trinajstić information content (AvgIpc) is 2.57. The summed E-state index contributed by atoms with van der Waals surface area (Å²) in [6, 6.07) is 9.66. The summed E-state index contributed by atoms with van der Waals surface area (Å²) in [6.07, 6.45) is 0. The highest BCUT2D eigenvalue weighted by Crippen LogP contribution is 2.30. The van der Waals surface area contributed by atoms with E-state index in [2.05, 4.69) is 31.9 Å². The van der Waals surface area contributed by atoms with Gasteiger partial charge in [-0.15, -0.1) is 0 Å². The molecule has 0 heterocycles. The van der Waals surface area contributed by atoms with Crippen LogP contribution in [0.4, 0.5) is 0 Å². The highest BCUT2D eigenvalue weighted by atomic mass is 79.9.